The number of hydrogen-bond acceptors (Lipinski definition) is 26. The Morgan fingerprint density at radius 2 is 0.846 bits per heavy atom. The zero-order chi connectivity index (χ0) is 96.2. The van der Waals surface area contributed by atoms with Crippen molar-refractivity contribution in [2.75, 3.05) is 80.7 Å². The molecule has 0 saturated carbocycles. The fraction of sp³-hybridized carbons (Fsp3) is 0.117. The van der Waals surface area contributed by atoms with Crippen LogP contribution in [0.4, 0.5) is 58.1 Å². The molecule has 0 unspecified atom stereocenters. The summed E-state index contributed by atoms with van der Waals surface area (Å²) >= 11 is 24.9. The van der Waals surface area contributed by atoms with E-state index in [4.69, 9.17) is 44.3 Å². The van der Waals surface area contributed by atoms with E-state index in [2.05, 4.69) is 144 Å². The second kappa shape index (κ2) is 47.7. The van der Waals surface area contributed by atoms with Crippen molar-refractivity contribution in [3.63, 3.8) is 0 Å². The molecule has 8 aromatic heterocycles. The number of hydrogen-bond donors (Lipinski definition) is 12. The van der Waals surface area contributed by atoms with Crippen LogP contribution >= 0.6 is 81.4 Å². The Kier molecular flexibility index (Phi) is 34.4. The van der Waals surface area contributed by atoms with Crippen LogP contribution in [0.2, 0.25) is 15.1 Å². The van der Waals surface area contributed by atoms with Gasteiger partial charge in [-0.3, -0.25) is 36.2 Å². The number of methoxy groups -OCH3 is 5. The van der Waals surface area contributed by atoms with Gasteiger partial charge in [0.05, 0.1) is 135 Å². The number of imidazole rings is 7. The Morgan fingerprint density at radius 3 is 1.34 bits per heavy atom. The van der Waals surface area contributed by atoms with E-state index in [9.17, 15) is 38.0 Å². The van der Waals surface area contributed by atoms with Gasteiger partial charge in [0.2, 0.25) is 29.7 Å². The summed E-state index contributed by atoms with van der Waals surface area (Å²) in [5, 5.41) is 16.4. The minimum atomic E-state index is -0.647. The molecule has 5 amide bonds. The van der Waals surface area contributed by atoms with Crippen LogP contribution in [-0.2, 0) is 23.7 Å². The zero-order valence-corrected chi connectivity index (χ0v) is 78.7. The number of aromatic nitrogens is 15. The highest BCUT2D eigenvalue weighted by molar-refractivity contribution is 7.99. The van der Waals surface area contributed by atoms with E-state index < -0.39 is 36.3 Å². The summed E-state index contributed by atoms with van der Waals surface area (Å²) in [5.74, 6) is 4.47. The van der Waals surface area contributed by atoms with Gasteiger partial charge in [0, 0.05) is 54.5 Å². The molecular formula is C94H82Cl3FN20O14S4. The van der Waals surface area contributed by atoms with Gasteiger partial charge in [-0.15, -0.1) is 23.1 Å². The molecule has 34 nitrogen and oxygen atoms in total. The van der Waals surface area contributed by atoms with Crippen molar-refractivity contribution in [1.29, 1.82) is 0 Å². The summed E-state index contributed by atoms with van der Waals surface area (Å²) in [5.41, 5.74) is 15.8. The normalized spacial score (nSPS) is 10.6. The standard InChI is InChI=1S/C16H12FN3O3.C16H13N3O3.C15H13N3O2S.C14H9Cl3N2OS.C12H15N3O3.C11H13N3O2S.C10H7N3S/c1-23-16(22)20-15-18-12-7-4-10(8-13(12)19-15)14(21)9-2-5-11(17)6-3-9;1-22-16(21)19-15-17-12-8-7-11(9-13(12)18-15)14(20)10-5-3-2-4-6-10;1-20-15(19)18-14-16-12-8-7-11(9-13(12)17-14)21-10-5-3-2-4-6-10;1-21-14-18-9-5-8(16)12(6-10(9)19-14)20-11-4-2-3-7(15)13(11)17;1-3-6-18-8-4-5-9-10(7-8)14-11(13-9)15-12(16)17-2;1-3-17-7-4-5-8-9(6-7)13-10(12-8)14-11(15)16-2;1-2-4-8-7(3-1)12-10(13-8)9-5-14-6-11-9/h2-8H,1H3,(H2,18,19,20,22);2-9H,1H3,(H2,17,18,19,21);2-9H,1H3,(H2,16,17,18,19);2-6H,1H3,(H,18,19);4-5,7H,3,6H2,1-2H3,(H2,13,14,15,16);4-6H,3H2,1-2H3,(H2,12,13,14,15);1-6H,(H,12,13). The molecule has 19 aromatic rings. The van der Waals surface area contributed by atoms with Crippen molar-refractivity contribution in [1.82, 2.24) is 74.8 Å². The summed E-state index contributed by atoms with van der Waals surface area (Å²) in [4.78, 5) is 139. The molecule has 0 atom stereocenters. The average Bonchev–Trinajstić information content (AvgIpc) is 1.55. The summed E-state index contributed by atoms with van der Waals surface area (Å²) in [6, 6.07) is 68.6. The smallest absolute Gasteiger partial charge is 0.413 e. The van der Waals surface area contributed by atoms with E-state index in [0.29, 0.717) is 95.3 Å². The predicted molar refractivity (Wildman–Crippen MR) is 530 cm³/mol. The summed E-state index contributed by atoms with van der Waals surface area (Å²) in [7, 11) is 6.45. The van der Waals surface area contributed by atoms with Crippen LogP contribution in [0.3, 0.4) is 0 Å². The summed E-state index contributed by atoms with van der Waals surface area (Å²) in [6.07, 6.45) is 0.00140. The largest absolute Gasteiger partial charge is 0.494 e. The highest BCUT2D eigenvalue weighted by Gasteiger charge is 2.19. The molecule has 0 bridgehead atoms. The number of H-pyrrole nitrogens is 7. The maximum Gasteiger partial charge on any atom is 0.413 e. The Hall–Kier alpha value is -15.5. The minimum Gasteiger partial charge on any atom is -0.494 e. The summed E-state index contributed by atoms with van der Waals surface area (Å²) in [6.45, 7) is 4.83. The number of benzene rings is 11. The second-order valence-electron chi connectivity index (χ2n) is 27.9. The lowest BCUT2D eigenvalue weighted by Crippen LogP contribution is -2.11. The molecule has 136 heavy (non-hydrogen) atoms. The van der Waals surface area contributed by atoms with E-state index in [1.54, 1.807) is 114 Å². The number of carbonyl (C=O) groups is 7. The number of thiazole rings is 1. The van der Waals surface area contributed by atoms with Gasteiger partial charge < -0.3 is 68.0 Å². The Labute approximate surface area is 804 Å². The Morgan fingerprint density at radius 1 is 0.397 bits per heavy atom. The van der Waals surface area contributed by atoms with E-state index >= 15 is 0 Å². The number of rotatable bonds is 20. The first-order valence-electron chi connectivity index (χ1n) is 40.8. The van der Waals surface area contributed by atoms with Gasteiger partial charge in [0.1, 0.15) is 33.8 Å². The summed E-state index contributed by atoms with van der Waals surface area (Å²) < 4.78 is 46.7. The van der Waals surface area contributed by atoms with Crippen LogP contribution in [0.25, 0.3) is 88.8 Å². The van der Waals surface area contributed by atoms with Crippen molar-refractivity contribution in [3.05, 3.63) is 285 Å². The maximum atomic E-state index is 12.9. The van der Waals surface area contributed by atoms with E-state index in [1.807, 2.05) is 139 Å². The molecule has 42 heteroatoms. The second-order valence-corrected chi connectivity index (χ2v) is 33.1. The number of nitrogens with zero attached hydrogens (tertiary/aromatic N) is 8. The molecule has 19 rings (SSSR count). The highest BCUT2D eigenvalue weighted by Crippen LogP contribution is 2.40. The number of carbonyl (C=O) groups excluding carboxylic acids is 7. The third-order valence-corrected chi connectivity index (χ3v) is 22.8. The van der Waals surface area contributed by atoms with E-state index in [1.165, 1.54) is 81.4 Å². The lowest BCUT2D eigenvalue weighted by atomic mass is 10.0. The van der Waals surface area contributed by atoms with Crippen molar-refractivity contribution in [2.24, 2.45) is 0 Å². The number of halogens is 4. The number of nitrogens with one attached hydrogen (secondary N) is 12. The number of para-hydroxylation sites is 2. The van der Waals surface area contributed by atoms with E-state index in [-0.39, 0.29) is 23.5 Å². The molecule has 0 radical (unpaired) electrons. The highest BCUT2D eigenvalue weighted by atomic mass is 35.5. The number of ether oxygens (including phenoxy) is 7. The van der Waals surface area contributed by atoms with Crippen molar-refractivity contribution < 1.29 is 71.1 Å². The van der Waals surface area contributed by atoms with Crippen LogP contribution in [0, 0.1) is 5.82 Å². The lowest BCUT2D eigenvalue weighted by Gasteiger charge is -2.09. The first-order chi connectivity index (χ1) is 65.9. The molecule has 0 aliphatic heterocycles. The predicted octanol–water partition coefficient (Wildman–Crippen LogP) is 24.1. The molecule has 0 aliphatic rings. The molecular weight excluding hydrogens is 1890 g/mol. The molecule has 694 valence electrons. The van der Waals surface area contributed by atoms with Crippen molar-refractivity contribution in [2.45, 2.75) is 40.1 Å². The van der Waals surface area contributed by atoms with Crippen LogP contribution in [0.1, 0.15) is 52.1 Å². The fourth-order valence-corrected chi connectivity index (χ4v) is 15.4. The van der Waals surface area contributed by atoms with Crippen molar-refractivity contribution >= 4 is 230 Å². The molecule has 8 heterocycles. The van der Waals surface area contributed by atoms with Crippen LogP contribution in [0.15, 0.2) is 261 Å². The monoisotopic (exact) mass is 1970 g/mol. The van der Waals surface area contributed by atoms with Gasteiger partial charge in [-0.1, -0.05) is 139 Å². The van der Waals surface area contributed by atoms with Gasteiger partial charge in [-0.25, -0.2) is 68.2 Å². The van der Waals surface area contributed by atoms with Gasteiger partial charge in [0.15, 0.2) is 22.5 Å². The Bertz CT molecular complexity index is 7360. The number of anilines is 5. The molecule has 11 aromatic carbocycles. The minimum absolute atomic E-state index is 0.0698. The molecule has 0 spiro atoms. The Balaban J connectivity index is 0.000000135. The number of thioether (sulfide) groups is 2. The first kappa shape index (κ1) is 98.0. The number of ketones is 2. The van der Waals surface area contributed by atoms with Gasteiger partial charge >= 0.3 is 30.5 Å². The average molecular weight is 1970 g/mol. The number of amides is 5. The van der Waals surface area contributed by atoms with E-state index in [0.717, 1.165) is 94.7 Å². The SMILES string of the molecule is CCCOc1ccc2nc(NC(=O)OC)[nH]c2c1.CCSc1ccc2nc(NC(=O)OC)[nH]c2c1.COC(=O)Nc1nc2ccc(C(=O)c3ccc(F)cc3)cc2[nH]1.COC(=O)Nc1nc2ccc(C(=O)c3ccccc3)cc2[nH]1.COC(=O)Nc1nc2ccc(Sc3ccccc3)cc2[nH]1.CSc1nc2cc(Oc3cccc(Cl)c3Cl)c(Cl)cc2[nH]1.c1ccc2[nH]c(-c3cscn3)nc2c1. The molecule has 0 saturated heterocycles. The number of aromatic amines is 7. The van der Waals surface area contributed by atoms with Gasteiger partial charge in [0.25, 0.3) is 0 Å². The molecule has 0 fully saturated rings. The quantitative estimate of drug-likeness (QED) is 0.0191. The molecule has 0 aliphatic carbocycles. The van der Waals surface area contributed by atoms with Crippen molar-refractivity contribution in [3.8, 4) is 28.8 Å². The number of fused-ring (bicyclic) bond motifs is 7. The third-order valence-electron chi connectivity index (χ3n) is 18.7. The first-order valence-corrected chi connectivity index (χ1v) is 45.9. The van der Waals surface area contributed by atoms with Crippen LogP contribution in [-0.4, -0.2) is 171 Å². The topological polar surface area (TPSA) is 458 Å². The van der Waals surface area contributed by atoms with Crippen LogP contribution in [0.5, 0.6) is 17.2 Å². The maximum absolute atomic E-state index is 12.9. The van der Waals surface area contributed by atoms with Gasteiger partial charge in [-0.05, 0) is 170 Å². The lowest BCUT2D eigenvalue weighted by molar-refractivity contribution is 0.103. The third kappa shape index (κ3) is 26.9. The van der Waals surface area contributed by atoms with Crippen LogP contribution < -0.4 is 36.1 Å². The zero-order valence-electron chi connectivity index (χ0n) is 73.2. The van der Waals surface area contributed by atoms with Gasteiger partial charge in [-0.2, -0.15) is 0 Å². The molecule has 12 N–H and O–H groups in total. The fourth-order valence-electron chi connectivity index (χ4n) is 12.3.